The third-order valence-electron chi connectivity index (χ3n) is 3.08. The maximum absolute atomic E-state index is 5.99. The van der Waals surface area contributed by atoms with Crippen LogP contribution < -0.4 is 10.1 Å². The Labute approximate surface area is 115 Å². The van der Waals surface area contributed by atoms with Crippen LogP contribution in [0.2, 0.25) is 5.02 Å². The van der Waals surface area contributed by atoms with Crippen LogP contribution in [0.3, 0.4) is 0 Å². The number of halogens is 1. The van der Waals surface area contributed by atoms with E-state index in [0.29, 0.717) is 6.04 Å². The molecule has 0 aliphatic rings. The Hall–Kier alpha value is -0.770. The van der Waals surface area contributed by atoms with Gasteiger partial charge in [0.2, 0.25) is 0 Å². The minimum atomic E-state index is 0.576. The fraction of sp³-hybridized carbons (Fsp3) is 0.571. The Morgan fingerprint density at radius 2 is 2.11 bits per heavy atom. The molecule has 3 nitrogen and oxygen atoms in total. The van der Waals surface area contributed by atoms with Gasteiger partial charge in [0, 0.05) is 36.3 Å². The highest BCUT2D eigenvalue weighted by Gasteiger charge is 2.05. The summed E-state index contributed by atoms with van der Waals surface area (Å²) in [6.45, 7) is 7.14. The highest BCUT2D eigenvalue weighted by Crippen LogP contribution is 2.22. The van der Waals surface area contributed by atoms with Gasteiger partial charge < -0.3 is 15.0 Å². The number of nitrogens with zero attached hydrogens (tertiary/aromatic N) is 1. The number of methoxy groups -OCH3 is 1. The van der Waals surface area contributed by atoms with Crippen molar-refractivity contribution in [1.82, 2.24) is 10.2 Å². The summed E-state index contributed by atoms with van der Waals surface area (Å²) in [6.07, 6.45) is 0. The van der Waals surface area contributed by atoms with Crippen LogP contribution >= 0.6 is 11.6 Å². The van der Waals surface area contributed by atoms with Crippen molar-refractivity contribution < 1.29 is 4.74 Å². The summed E-state index contributed by atoms with van der Waals surface area (Å²) >= 11 is 5.99. The summed E-state index contributed by atoms with van der Waals surface area (Å²) in [5, 5.41) is 4.15. The largest absolute Gasteiger partial charge is 0.496 e. The second-order valence-corrected chi connectivity index (χ2v) is 5.14. The third kappa shape index (κ3) is 4.84. The monoisotopic (exact) mass is 270 g/mol. The molecule has 0 atom stereocenters. The zero-order chi connectivity index (χ0) is 13.5. The van der Waals surface area contributed by atoms with Crippen LogP contribution in [0, 0.1) is 0 Å². The Bertz CT molecular complexity index is 369. The minimum absolute atomic E-state index is 0.576. The average Bonchev–Trinajstić information content (AvgIpc) is 2.34. The van der Waals surface area contributed by atoms with E-state index in [1.807, 2.05) is 18.2 Å². The number of hydrogen-bond acceptors (Lipinski definition) is 3. The van der Waals surface area contributed by atoms with Crippen molar-refractivity contribution in [3.63, 3.8) is 0 Å². The Morgan fingerprint density at radius 3 is 2.72 bits per heavy atom. The zero-order valence-corrected chi connectivity index (χ0v) is 12.4. The Balaban J connectivity index is 2.41. The smallest absolute Gasteiger partial charge is 0.123 e. The van der Waals surface area contributed by atoms with E-state index in [2.05, 4.69) is 31.1 Å². The van der Waals surface area contributed by atoms with Gasteiger partial charge in [0.25, 0.3) is 0 Å². The van der Waals surface area contributed by atoms with Crippen molar-refractivity contribution in [2.45, 2.75) is 26.4 Å². The Morgan fingerprint density at radius 1 is 1.39 bits per heavy atom. The topological polar surface area (TPSA) is 24.5 Å². The maximum Gasteiger partial charge on any atom is 0.123 e. The first-order valence-corrected chi connectivity index (χ1v) is 6.65. The maximum atomic E-state index is 5.99. The van der Waals surface area contributed by atoms with Crippen LogP contribution in [0.15, 0.2) is 18.2 Å². The van der Waals surface area contributed by atoms with Crippen molar-refractivity contribution in [1.29, 1.82) is 0 Å². The Kier molecular flexibility index (Phi) is 6.47. The molecule has 0 heterocycles. The lowest BCUT2D eigenvalue weighted by atomic mass is 10.2. The number of likely N-dealkylation sites (N-methyl/N-ethyl adjacent to an activating group) is 1. The van der Waals surface area contributed by atoms with E-state index >= 15 is 0 Å². The SMILES string of the molecule is COc1ccc(Cl)cc1CNCCN(C)C(C)C. The molecule has 0 bridgehead atoms. The third-order valence-corrected chi connectivity index (χ3v) is 3.32. The van der Waals surface area contributed by atoms with E-state index in [9.17, 15) is 0 Å². The van der Waals surface area contributed by atoms with Crippen LogP contribution in [-0.2, 0) is 6.54 Å². The summed E-state index contributed by atoms with van der Waals surface area (Å²) in [4.78, 5) is 2.31. The normalized spacial score (nSPS) is 11.3. The van der Waals surface area contributed by atoms with Crippen LogP contribution in [-0.4, -0.2) is 38.2 Å². The van der Waals surface area contributed by atoms with Gasteiger partial charge in [-0.05, 0) is 39.1 Å². The molecule has 0 saturated heterocycles. The van der Waals surface area contributed by atoms with Gasteiger partial charge in [-0.25, -0.2) is 0 Å². The molecule has 18 heavy (non-hydrogen) atoms. The molecule has 1 N–H and O–H groups in total. The molecular weight excluding hydrogens is 248 g/mol. The summed E-state index contributed by atoms with van der Waals surface area (Å²) in [7, 11) is 3.81. The zero-order valence-electron chi connectivity index (χ0n) is 11.7. The fourth-order valence-electron chi connectivity index (χ4n) is 1.62. The predicted octanol–water partition coefficient (Wildman–Crippen LogP) is 2.78. The lowest BCUT2D eigenvalue weighted by molar-refractivity contribution is 0.273. The molecule has 0 radical (unpaired) electrons. The van der Waals surface area contributed by atoms with E-state index in [4.69, 9.17) is 16.3 Å². The molecule has 0 fully saturated rings. The van der Waals surface area contributed by atoms with Gasteiger partial charge in [0.15, 0.2) is 0 Å². The first-order chi connectivity index (χ1) is 8.54. The first kappa shape index (κ1) is 15.3. The molecule has 102 valence electrons. The highest BCUT2D eigenvalue weighted by atomic mass is 35.5. The number of hydrogen-bond donors (Lipinski definition) is 1. The van der Waals surface area contributed by atoms with Gasteiger partial charge in [-0.1, -0.05) is 11.6 Å². The highest BCUT2D eigenvalue weighted by molar-refractivity contribution is 6.30. The summed E-state index contributed by atoms with van der Waals surface area (Å²) in [6, 6.07) is 6.27. The van der Waals surface area contributed by atoms with E-state index in [1.165, 1.54) is 0 Å². The van der Waals surface area contributed by atoms with Crippen molar-refractivity contribution >= 4 is 11.6 Å². The molecule has 0 spiro atoms. The van der Waals surface area contributed by atoms with Crippen molar-refractivity contribution in [2.24, 2.45) is 0 Å². The molecular formula is C14H23ClN2O. The van der Waals surface area contributed by atoms with E-state index in [0.717, 1.165) is 36.0 Å². The van der Waals surface area contributed by atoms with Gasteiger partial charge in [-0.2, -0.15) is 0 Å². The van der Waals surface area contributed by atoms with Gasteiger partial charge in [0.1, 0.15) is 5.75 Å². The van der Waals surface area contributed by atoms with E-state index in [1.54, 1.807) is 7.11 Å². The van der Waals surface area contributed by atoms with Gasteiger partial charge in [-0.15, -0.1) is 0 Å². The molecule has 0 amide bonds. The summed E-state index contributed by atoms with van der Waals surface area (Å²) in [5.41, 5.74) is 1.09. The lowest BCUT2D eigenvalue weighted by Gasteiger charge is -2.21. The van der Waals surface area contributed by atoms with E-state index < -0.39 is 0 Å². The molecule has 0 saturated carbocycles. The van der Waals surface area contributed by atoms with Crippen LogP contribution in [0.5, 0.6) is 5.75 Å². The molecule has 4 heteroatoms. The van der Waals surface area contributed by atoms with Crippen LogP contribution in [0.4, 0.5) is 0 Å². The molecule has 1 rings (SSSR count). The van der Waals surface area contributed by atoms with Crippen LogP contribution in [0.25, 0.3) is 0 Å². The quantitative estimate of drug-likeness (QED) is 0.771. The fourth-order valence-corrected chi connectivity index (χ4v) is 1.82. The van der Waals surface area contributed by atoms with Crippen molar-refractivity contribution in [3.8, 4) is 5.75 Å². The molecule has 0 unspecified atom stereocenters. The average molecular weight is 271 g/mol. The molecule has 1 aromatic carbocycles. The first-order valence-electron chi connectivity index (χ1n) is 6.28. The number of benzene rings is 1. The molecule has 0 aromatic heterocycles. The van der Waals surface area contributed by atoms with Crippen molar-refractivity contribution in [2.75, 3.05) is 27.2 Å². The number of nitrogens with one attached hydrogen (secondary N) is 1. The second kappa shape index (κ2) is 7.62. The number of ether oxygens (including phenoxy) is 1. The summed E-state index contributed by atoms with van der Waals surface area (Å²) in [5.74, 6) is 0.879. The minimum Gasteiger partial charge on any atom is -0.496 e. The molecule has 1 aromatic rings. The molecule has 0 aliphatic heterocycles. The van der Waals surface area contributed by atoms with Crippen LogP contribution in [0.1, 0.15) is 19.4 Å². The second-order valence-electron chi connectivity index (χ2n) is 4.71. The van der Waals surface area contributed by atoms with Crippen molar-refractivity contribution in [3.05, 3.63) is 28.8 Å². The lowest BCUT2D eigenvalue weighted by Crippen LogP contribution is -2.33. The molecule has 0 aliphatic carbocycles. The van der Waals surface area contributed by atoms with E-state index in [-0.39, 0.29) is 0 Å². The predicted molar refractivity (Wildman–Crippen MR) is 77.5 cm³/mol. The van der Waals surface area contributed by atoms with Gasteiger partial charge >= 0.3 is 0 Å². The van der Waals surface area contributed by atoms with Gasteiger partial charge in [-0.3, -0.25) is 0 Å². The summed E-state index contributed by atoms with van der Waals surface area (Å²) < 4.78 is 5.31. The standard InChI is InChI=1S/C14H23ClN2O/c1-11(2)17(3)8-7-16-10-12-9-13(15)5-6-14(12)18-4/h5-6,9,11,16H,7-8,10H2,1-4H3. The van der Waals surface area contributed by atoms with Gasteiger partial charge in [0.05, 0.1) is 7.11 Å². The number of rotatable bonds is 7.